The van der Waals surface area contributed by atoms with Gasteiger partial charge in [0.1, 0.15) is 12.3 Å². The Morgan fingerprint density at radius 1 is 1.43 bits per heavy atom. The van der Waals surface area contributed by atoms with E-state index in [4.69, 9.17) is 11.6 Å². The van der Waals surface area contributed by atoms with Crippen molar-refractivity contribution in [2.75, 3.05) is 13.1 Å². The molecular weight excluding hydrogens is 292 g/mol. The van der Waals surface area contributed by atoms with Gasteiger partial charge in [-0.25, -0.2) is 5.84 Å². The zero-order chi connectivity index (χ0) is 17.6. The highest BCUT2D eigenvalue weighted by molar-refractivity contribution is 5.87. The molecule has 1 aliphatic rings. The first-order valence-corrected chi connectivity index (χ1v) is 8.42. The van der Waals surface area contributed by atoms with E-state index in [-0.39, 0.29) is 23.8 Å². The number of rotatable bonds is 8. The monoisotopic (exact) mass is 324 g/mol. The molecule has 0 aromatic carbocycles. The fourth-order valence-electron chi connectivity index (χ4n) is 3.20. The molecule has 0 saturated carbocycles. The zero-order valence-electron chi connectivity index (χ0n) is 14.9. The van der Waals surface area contributed by atoms with E-state index in [2.05, 4.69) is 0 Å². The van der Waals surface area contributed by atoms with Gasteiger partial charge >= 0.3 is 0 Å². The predicted octanol–water partition coefficient (Wildman–Crippen LogP) is 1.41. The van der Waals surface area contributed by atoms with Gasteiger partial charge in [-0.3, -0.25) is 9.69 Å². The van der Waals surface area contributed by atoms with E-state index in [1.807, 2.05) is 32.6 Å². The van der Waals surface area contributed by atoms with Crippen molar-refractivity contribution in [3.63, 3.8) is 0 Å². The lowest BCUT2D eigenvalue weighted by atomic mass is 9.83. The Hall–Kier alpha value is -1.40. The van der Waals surface area contributed by atoms with Crippen molar-refractivity contribution < 1.29 is 9.59 Å². The Bertz CT molecular complexity index is 442. The molecule has 0 spiro atoms. The number of hydrogen-bond donors (Lipinski definition) is 2. The highest BCUT2D eigenvalue weighted by Gasteiger charge is 2.36. The number of hydrogen-bond acceptors (Lipinski definition) is 6. The van der Waals surface area contributed by atoms with Gasteiger partial charge in [0.2, 0.25) is 0 Å². The first-order valence-electron chi connectivity index (χ1n) is 8.42. The minimum atomic E-state index is -0.481. The predicted molar refractivity (Wildman–Crippen MR) is 92.1 cm³/mol. The topological polar surface area (TPSA) is 92.7 Å². The molecule has 1 heterocycles. The summed E-state index contributed by atoms with van der Waals surface area (Å²) in [7, 11) is 0. The summed E-state index contributed by atoms with van der Waals surface area (Å²) in [5.41, 5.74) is 6.29. The van der Waals surface area contributed by atoms with Crippen molar-refractivity contribution in [2.24, 2.45) is 17.0 Å². The molecule has 0 aromatic heterocycles. The van der Waals surface area contributed by atoms with Gasteiger partial charge in [0.25, 0.3) is 0 Å². The van der Waals surface area contributed by atoms with E-state index in [0.717, 1.165) is 38.5 Å². The van der Waals surface area contributed by atoms with E-state index in [0.29, 0.717) is 5.70 Å². The van der Waals surface area contributed by atoms with Gasteiger partial charge < -0.3 is 15.5 Å². The molecule has 0 aliphatic carbocycles. The van der Waals surface area contributed by atoms with Gasteiger partial charge in [0.05, 0.1) is 12.6 Å². The van der Waals surface area contributed by atoms with Crippen molar-refractivity contribution in [3.05, 3.63) is 11.9 Å². The largest absolute Gasteiger partial charge is 0.401 e. The summed E-state index contributed by atoms with van der Waals surface area (Å²) < 4.78 is 0. The molecule has 0 aromatic rings. The van der Waals surface area contributed by atoms with Crippen LogP contribution in [0, 0.1) is 5.41 Å². The third-order valence-corrected chi connectivity index (χ3v) is 4.21. The van der Waals surface area contributed by atoms with Gasteiger partial charge in [-0.1, -0.05) is 34.1 Å². The molecule has 0 radical (unpaired) electrons. The average Bonchev–Trinajstić information content (AvgIpc) is 2.84. The van der Waals surface area contributed by atoms with Crippen LogP contribution in [0.2, 0.25) is 0 Å². The molecule has 1 rings (SSSR count). The van der Waals surface area contributed by atoms with Crippen molar-refractivity contribution in [1.29, 1.82) is 0 Å². The number of nitrogens with two attached hydrogens (primary N) is 2. The van der Waals surface area contributed by atoms with Crippen molar-refractivity contribution in [1.82, 2.24) is 9.91 Å². The number of allylic oxidation sites excluding steroid dienone is 1. The summed E-state index contributed by atoms with van der Waals surface area (Å²) in [6.45, 7) is 9.03. The highest BCUT2D eigenvalue weighted by atomic mass is 16.1. The summed E-state index contributed by atoms with van der Waals surface area (Å²) in [5, 5.41) is 1.44. The Labute approximate surface area is 139 Å². The van der Waals surface area contributed by atoms with Crippen LogP contribution >= 0.6 is 0 Å². The molecule has 2 unspecified atom stereocenters. The SMILES string of the molecule is CCC/C(N)=C/N(N)C(C(=O)CN1CCCC1C=O)C(C)(C)C. The van der Waals surface area contributed by atoms with Gasteiger partial charge in [-0.15, -0.1) is 0 Å². The van der Waals surface area contributed by atoms with Crippen LogP contribution in [0.25, 0.3) is 0 Å². The molecule has 4 N–H and O–H groups in total. The maximum absolute atomic E-state index is 12.8. The standard InChI is InChI=1S/C17H32N4O2/c1-5-7-13(18)10-21(19)16(17(2,3)4)15(23)11-20-9-6-8-14(20)12-22/h10,12,14,16H,5-9,11,18-19H2,1-4H3/b13-10-. The molecule has 23 heavy (non-hydrogen) atoms. The summed E-state index contributed by atoms with van der Waals surface area (Å²) in [6, 6.07) is -0.627. The van der Waals surface area contributed by atoms with E-state index in [1.165, 1.54) is 5.01 Å². The number of likely N-dealkylation sites (tertiary alicyclic amines) is 1. The zero-order valence-corrected chi connectivity index (χ0v) is 14.9. The van der Waals surface area contributed by atoms with Crippen LogP contribution in [-0.4, -0.2) is 47.2 Å². The molecule has 0 amide bonds. The normalized spacial score (nSPS) is 21.3. The molecule has 6 nitrogen and oxygen atoms in total. The third kappa shape index (κ3) is 5.62. The Balaban J connectivity index is 2.87. The Kier molecular flexibility index (Phi) is 7.22. The van der Waals surface area contributed by atoms with Gasteiger partial charge in [-0.2, -0.15) is 0 Å². The fraction of sp³-hybridized carbons (Fsp3) is 0.765. The molecule has 1 saturated heterocycles. The highest BCUT2D eigenvalue weighted by Crippen LogP contribution is 2.25. The number of carbonyl (C=O) groups excluding carboxylic acids is 2. The number of aldehydes is 1. The van der Waals surface area contributed by atoms with Gasteiger partial charge in [0, 0.05) is 11.9 Å². The minimum Gasteiger partial charge on any atom is -0.401 e. The number of nitrogens with zero attached hydrogens (tertiary/aromatic N) is 2. The molecule has 1 aliphatic heterocycles. The summed E-state index contributed by atoms with van der Waals surface area (Å²) in [6.07, 6.45) is 6.06. The van der Waals surface area contributed by atoms with E-state index < -0.39 is 6.04 Å². The minimum absolute atomic E-state index is 0.0225. The maximum Gasteiger partial charge on any atom is 0.171 e. The van der Waals surface area contributed by atoms with Crippen LogP contribution in [-0.2, 0) is 9.59 Å². The molecule has 1 fully saturated rings. The van der Waals surface area contributed by atoms with Crippen molar-refractivity contribution in [3.8, 4) is 0 Å². The van der Waals surface area contributed by atoms with Gasteiger partial charge in [-0.05, 0) is 31.2 Å². The fourth-order valence-corrected chi connectivity index (χ4v) is 3.20. The smallest absolute Gasteiger partial charge is 0.171 e. The quantitative estimate of drug-likeness (QED) is 0.398. The van der Waals surface area contributed by atoms with E-state index in [9.17, 15) is 9.59 Å². The van der Waals surface area contributed by atoms with Crippen LogP contribution in [0.15, 0.2) is 11.9 Å². The first kappa shape index (κ1) is 19.6. The van der Waals surface area contributed by atoms with Crippen LogP contribution in [0.4, 0.5) is 0 Å². The van der Waals surface area contributed by atoms with E-state index >= 15 is 0 Å². The molecule has 0 bridgehead atoms. The second-order valence-electron chi connectivity index (χ2n) is 7.45. The van der Waals surface area contributed by atoms with Crippen molar-refractivity contribution >= 4 is 12.1 Å². The van der Waals surface area contributed by atoms with E-state index in [1.54, 1.807) is 6.20 Å². The number of carbonyl (C=O) groups is 2. The lowest BCUT2D eigenvalue weighted by molar-refractivity contribution is -0.128. The Morgan fingerprint density at radius 2 is 2.09 bits per heavy atom. The lowest BCUT2D eigenvalue weighted by Gasteiger charge is -2.37. The summed E-state index contributed by atoms with van der Waals surface area (Å²) in [5.74, 6) is 6.17. The van der Waals surface area contributed by atoms with Crippen LogP contribution in [0.3, 0.4) is 0 Å². The summed E-state index contributed by atoms with van der Waals surface area (Å²) in [4.78, 5) is 25.9. The molecule has 2 atom stereocenters. The van der Waals surface area contributed by atoms with Crippen LogP contribution < -0.4 is 11.6 Å². The van der Waals surface area contributed by atoms with Crippen LogP contribution in [0.5, 0.6) is 0 Å². The lowest BCUT2D eigenvalue weighted by Crippen LogP contribution is -2.53. The second kappa shape index (κ2) is 8.45. The summed E-state index contributed by atoms with van der Waals surface area (Å²) >= 11 is 0. The second-order valence-corrected chi connectivity index (χ2v) is 7.45. The number of hydrazine groups is 1. The molecular formula is C17H32N4O2. The van der Waals surface area contributed by atoms with Crippen LogP contribution in [0.1, 0.15) is 53.4 Å². The number of ketones is 1. The van der Waals surface area contributed by atoms with Gasteiger partial charge in [0.15, 0.2) is 5.78 Å². The molecule has 6 heteroatoms. The first-order chi connectivity index (χ1) is 10.7. The molecule has 132 valence electrons. The Morgan fingerprint density at radius 3 is 2.61 bits per heavy atom. The number of Topliss-reactive ketones (excluding diaryl/α,β-unsaturated/α-hetero) is 1. The third-order valence-electron chi connectivity index (χ3n) is 4.21. The average molecular weight is 324 g/mol. The van der Waals surface area contributed by atoms with Crippen molar-refractivity contribution in [2.45, 2.75) is 65.5 Å². The maximum atomic E-state index is 12.8.